The van der Waals surface area contributed by atoms with Crippen molar-refractivity contribution in [3.05, 3.63) is 39.8 Å². The van der Waals surface area contributed by atoms with E-state index in [4.69, 9.17) is 4.42 Å². The lowest BCUT2D eigenvalue weighted by Crippen LogP contribution is -2.00. The van der Waals surface area contributed by atoms with E-state index in [1.165, 1.54) is 0 Å². The Balaban J connectivity index is 2.57. The van der Waals surface area contributed by atoms with Gasteiger partial charge in [0.2, 0.25) is 5.82 Å². The van der Waals surface area contributed by atoms with Crippen LogP contribution in [0.15, 0.2) is 16.5 Å². The molecule has 104 valence electrons. The molecule has 0 N–H and O–H groups in total. The minimum Gasteiger partial charge on any atom is -0.462 e. The minimum absolute atomic E-state index is 0.632. The quantitative estimate of drug-likeness (QED) is 0.479. The molecule has 2 rings (SSSR count). The largest absolute Gasteiger partial charge is 0.462 e. The van der Waals surface area contributed by atoms with Gasteiger partial charge in [0, 0.05) is 6.07 Å². The number of carbonyl (C=O) groups is 1. The van der Waals surface area contributed by atoms with Gasteiger partial charge in [0.05, 0.1) is 12.0 Å². The van der Waals surface area contributed by atoms with E-state index in [1.807, 2.05) is 0 Å². The monoisotopic (exact) mass is 285 g/mol. The number of aromatic nitrogens is 2. The lowest BCUT2D eigenvalue weighted by Gasteiger charge is -2.00. The van der Waals surface area contributed by atoms with Gasteiger partial charge in [-0.3, -0.25) is 10.1 Å². The molecule has 0 amide bonds. The highest BCUT2D eigenvalue weighted by atomic mass is 19.1. The van der Waals surface area contributed by atoms with Crippen LogP contribution in [-0.2, 0) is 4.74 Å². The molecule has 0 radical (unpaired) electrons. The van der Waals surface area contributed by atoms with Crippen LogP contribution in [0.4, 0.5) is 14.5 Å². The molecule has 0 bridgehead atoms. The number of ether oxygens (including phenoxy) is 1. The third-order valence-electron chi connectivity index (χ3n) is 2.27. The number of halogens is 2. The molecule has 1 aromatic carbocycles. The number of hydrogen-bond donors (Lipinski definition) is 0. The summed E-state index contributed by atoms with van der Waals surface area (Å²) in [5.74, 6) is -4.96. The second-order valence-corrected chi connectivity index (χ2v) is 3.42. The van der Waals surface area contributed by atoms with Crippen molar-refractivity contribution in [1.29, 1.82) is 0 Å². The van der Waals surface area contributed by atoms with Crippen LogP contribution in [0, 0.1) is 21.7 Å². The van der Waals surface area contributed by atoms with Crippen LogP contribution in [0.1, 0.15) is 10.7 Å². The second kappa shape index (κ2) is 4.99. The van der Waals surface area contributed by atoms with Gasteiger partial charge in [0.25, 0.3) is 5.89 Å². The van der Waals surface area contributed by atoms with Gasteiger partial charge < -0.3 is 9.15 Å². The highest BCUT2D eigenvalue weighted by Crippen LogP contribution is 2.30. The van der Waals surface area contributed by atoms with Crippen LogP contribution in [0.25, 0.3) is 11.5 Å². The van der Waals surface area contributed by atoms with Crippen LogP contribution < -0.4 is 0 Å². The Labute approximate surface area is 109 Å². The SMILES string of the molecule is COC(=O)c1nnc(-c2c(F)ccc([N+](=O)[O-])c2F)o1. The average molecular weight is 285 g/mol. The first-order valence-electron chi connectivity index (χ1n) is 5.00. The van der Waals surface area contributed by atoms with Crippen molar-refractivity contribution in [1.82, 2.24) is 10.2 Å². The topological polar surface area (TPSA) is 108 Å². The maximum Gasteiger partial charge on any atom is 0.396 e. The molecule has 1 heterocycles. The summed E-state index contributed by atoms with van der Waals surface area (Å²) in [4.78, 5) is 20.6. The minimum atomic E-state index is -1.48. The molecule has 8 nitrogen and oxygen atoms in total. The fourth-order valence-corrected chi connectivity index (χ4v) is 1.37. The molecule has 0 fully saturated rings. The molecular formula is C10H5F2N3O5. The summed E-state index contributed by atoms with van der Waals surface area (Å²) < 4.78 is 36.4. The maximum atomic E-state index is 13.8. The summed E-state index contributed by atoms with van der Waals surface area (Å²) in [5, 5.41) is 17.1. The summed E-state index contributed by atoms with van der Waals surface area (Å²) in [6.07, 6.45) is 0. The van der Waals surface area contributed by atoms with Gasteiger partial charge in [0.1, 0.15) is 11.4 Å². The number of nitro groups is 1. The van der Waals surface area contributed by atoms with E-state index < -0.39 is 45.6 Å². The molecule has 1 aromatic heterocycles. The smallest absolute Gasteiger partial charge is 0.396 e. The number of esters is 1. The van der Waals surface area contributed by atoms with Crippen molar-refractivity contribution in [2.24, 2.45) is 0 Å². The Morgan fingerprint density at radius 2 is 2.10 bits per heavy atom. The number of carbonyl (C=O) groups excluding carboxylic acids is 1. The molecule has 10 heteroatoms. The molecule has 0 atom stereocenters. The Hall–Kier alpha value is -2.91. The number of hydrogen-bond acceptors (Lipinski definition) is 7. The molecular weight excluding hydrogens is 280 g/mol. The number of nitrogens with zero attached hydrogens (tertiary/aromatic N) is 3. The zero-order chi connectivity index (χ0) is 14.9. The van der Waals surface area contributed by atoms with Gasteiger partial charge in [-0.1, -0.05) is 0 Å². The Morgan fingerprint density at radius 3 is 2.70 bits per heavy atom. The van der Waals surface area contributed by atoms with Gasteiger partial charge in [-0.2, -0.15) is 4.39 Å². The average Bonchev–Trinajstić information content (AvgIpc) is 2.87. The summed E-state index contributed by atoms with van der Waals surface area (Å²) >= 11 is 0. The molecule has 2 aromatic rings. The highest BCUT2D eigenvalue weighted by Gasteiger charge is 2.27. The zero-order valence-electron chi connectivity index (χ0n) is 9.79. The number of benzene rings is 1. The maximum absolute atomic E-state index is 13.8. The molecule has 0 saturated carbocycles. The van der Waals surface area contributed by atoms with E-state index in [0.29, 0.717) is 12.1 Å². The van der Waals surface area contributed by atoms with Crippen LogP contribution in [-0.4, -0.2) is 28.2 Å². The number of nitro benzene ring substituents is 1. The zero-order valence-corrected chi connectivity index (χ0v) is 9.79. The molecule has 0 aliphatic carbocycles. The van der Waals surface area contributed by atoms with Crippen molar-refractivity contribution in [3.8, 4) is 11.5 Å². The summed E-state index contributed by atoms with van der Waals surface area (Å²) in [7, 11) is 1.04. The third-order valence-corrected chi connectivity index (χ3v) is 2.27. The highest BCUT2D eigenvalue weighted by molar-refractivity contribution is 5.84. The number of rotatable bonds is 3. The van der Waals surface area contributed by atoms with Crippen molar-refractivity contribution in [2.75, 3.05) is 7.11 Å². The van der Waals surface area contributed by atoms with Gasteiger partial charge in [-0.05, 0) is 6.07 Å². The van der Waals surface area contributed by atoms with E-state index >= 15 is 0 Å². The molecule has 0 saturated heterocycles. The molecule has 0 aliphatic heterocycles. The van der Waals surface area contributed by atoms with Gasteiger partial charge in [-0.15, -0.1) is 10.2 Å². The molecule has 20 heavy (non-hydrogen) atoms. The Morgan fingerprint density at radius 1 is 1.40 bits per heavy atom. The van der Waals surface area contributed by atoms with Gasteiger partial charge in [0.15, 0.2) is 0 Å². The fourth-order valence-electron chi connectivity index (χ4n) is 1.37. The predicted octanol–water partition coefficient (Wildman–Crippen LogP) is 1.71. The van der Waals surface area contributed by atoms with Crippen LogP contribution in [0.3, 0.4) is 0 Å². The molecule has 0 spiro atoms. The summed E-state index contributed by atoms with van der Waals surface area (Å²) in [6.45, 7) is 0. The van der Waals surface area contributed by atoms with E-state index in [0.717, 1.165) is 7.11 Å². The fraction of sp³-hybridized carbons (Fsp3) is 0.100. The standard InChI is InChI=1S/C10H5F2N3O5/c1-19-10(16)9-14-13-8(20-9)6-4(11)2-3-5(7(6)12)15(17)18/h2-3H,1H3. The van der Waals surface area contributed by atoms with Crippen LogP contribution in [0.2, 0.25) is 0 Å². The lowest BCUT2D eigenvalue weighted by atomic mass is 10.1. The number of methoxy groups -OCH3 is 1. The normalized spacial score (nSPS) is 10.3. The van der Waals surface area contributed by atoms with Crippen LogP contribution in [0.5, 0.6) is 0 Å². The Kier molecular flexibility index (Phi) is 3.37. The van der Waals surface area contributed by atoms with Crippen molar-refractivity contribution in [2.45, 2.75) is 0 Å². The first kappa shape index (κ1) is 13.5. The predicted molar refractivity (Wildman–Crippen MR) is 57.6 cm³/mol. The second-order valence-electron chi connectivity index (χ2n) is 3.42. The third kappa shape index (κ3) is 2.18. The Bertz CT molecular complexity index is 700. The lowest BCUT2D eigenvalue weighted by molar-refractivity contribution is -0.387. The van der Waals surface area contributed by atoms with Crippen molar-refractivity contribution >= 4 is 11.7 Å². The van der Waals surface area contributed by atoms with Gasteiger partial charge in [-0.25, -0.2) is 9.18 Å². The van der Waals surface area contributed by atoms with E-state index in [2.05, 4.69) is 14.9 Å². The van der Waals surface area contributed by atoms with Gasteiger partial charge >= 0.3 is 17.5 Å². The first-order chi connectivity index (χ1) is 9.45. The van der Waals surface area contributed by atoms with Crippen molar-refractivity contribution in [3.63, 3.8) is 0 Å². The van der Waals surface area contributed by atoms with Crippen molar-refractivity contribution < 1.29 is 27.7 Å². The van der Waals surface area contributed by atoms with E-state index in [1.54, 1.807) is 0 Å². The first-order valence-corrected chi connectivity index (χ1v) is 5.00. The van der Waals surface area contributed by atoms with E-state index in [9.17, 15) is 23.7 Å². The van der Waals surface area contributed by atoms with Crippen LogP contribution >= 0.6 is 0 Å². The molecule has 0 unspecified atom stereocenters. The summed E-state index contributed by atoms with van der Waals surface area (Å²) in [5.41, 5.74) is -1.85. The van der Waals surface area contributed by atoms with E-state index in [-0.39, 0.29) is 0 Å². The molecule has 0 aliphatic rings. The summed E-state index contributed by atoms with van der Waals surface area (Å²) in [6, 6.07) is 1.34.